The molecular formula is C15H21NO3. The molecule has 4 heteroatoms. The molecule has 19 heavy (non-hydrogen) atoms. The summed E-state index contributed by atoms with van der Waals surface area (Å²) in [6.07, 6.45) is 5.58. The van der Waals surface area contributed by atoms with E-state index in [9.17, 15) is 9.59 Å². The first-order valence-corrected chi connectivity index (χ1v) is 7.68. The van der Waals surface area contributed by atoms with E-state index in [1.807, 2.05) is 4.90 Å². The molecule has 1 N–H and O–H groups in total. The number of piperidine rings is 1. The van der Waals surface area contributed by atoms with Gasteiger partial charge in [0, 0.05) is 19.0 Å². The van der Waals surface area contributed by atoms with Crippen LogP contribution in [0.2, 0.25) is 0 Å². The lowest BCUT2D eigenvalue weighted by molar-refractivity contribution is -0.146. The maximum atomic E-state index is 12.6. The Balaban J connectivity index is 1.43. The van der Waals surface area contributed by atoms with Crippen LogP contribution in [0.5, 0.6) is 0 Å². The van der Waals surface area contributed by atoms with Crippen molar-refractivity contribution in [2.75, 3.05) is 13.1 Å². The van der Waals surface area contributed by atoms with E-state index >= 15 is 0 Å². The number of nitrogens with zero attached hydrogens (tertiary/aromatic N) is 1. The van der Waals surface area contributed by atoms with Gasteiger partial charge in [0.25, 0.3) is 0 Å². The fraction of sp³-hybridized carbons (Fsp3) is 0.867. The maximum absolute atomic E-state index is 12.6. The van der Waals surface area contributed by atoms with Crippen LogP contribution in [0.4, 0.5) is 0 Å². The zero-order chi connectivity index (χ0) is 13.1. The number of rotatable bonds is 2. The van der Waals surface area contributed by atoms with Crippen molar-refractivity contribution in [1.29, 1.82) is 0 Å². The molecule has 4 rings (SSSR count). The second-order valence-electron chi connectivity index (χ2n) is 6.98. The third kappa shape index (κ3) is 1.65. The van der Waals surface area contributed by atoms with Crippen LogP contribution in [-0.2, 0) is 9.59 Å². The summed E-state index contributed by atoms with van der Waals surface area (Å²) in [5.74, 6) is 2.40. The minimum absolute atomic E-state index is 0.263. The molecule has 1 aliphatic heterocycles. The average Bonchev–Trinajstić information content (AvgIpc) is 2.85. The molecule has 0 radical (unpaired) electrons. The predicted molar refractivity (Wildman–Crippen MR) is 68.2 cm³/mol. The van der Waals surface area contributed by atoms with Gasteiger partial charge in [-0.3, -0.25) is 9.59 Å². The maximum Gasteiger partial charge on any atom is 0.308 e. The predicted octanol–water partition coefficient (Wildman–Crippen LogP) is 1.60. The van der Waals surface area contributed by atoms with E-state index in [4.69, 9.17) is 5.11 Å². The largest absolute Gasteiger partial charge is 0.481 e. The monoisotopic (exact) mass is 263 g/mol. The molecule has 0 aromatic heterocycles. The van der Waals surface area contributed by atoms with E-state index in [0.717, 1.165) is 31.2 Å². The Morgan fingerprint density at radius 3 is 2.37 bits per heavy atom. The Bertz CT molecular complexity index is 419. The SMILES string of the molecule is O=C(O)[C@@H]1CCCN(C(=O)C2[C@@H]3[C@H]4CC[C@@H](C4)[C@H]23)C1. The first-order valence-electron chi connectivity index (χ1n) is 7.68. The Hall–Kier alpha value is -1.06. The third-order valence-corrected chi connectivity index (χ3v) is 6.10. The summed E-state index contributed by atoms with van der Waals surface area (Å²) in [5.41, 5.74) is 0. The molecule has 0 aromatic rings. The number of fused-ring (bicyclic) bond motifs is 5. The van der Waals surface area contributed by atoms with Gasteiger partial charge in [-0.05, 0) is 55.8 Å². The number of carboxylic acids is 1. The van der Waals surface area contributed by atoms with Crippen molar-refractivity contribution in [2.45, 2.75) is 32.1 Å². The highest BCUT2D eigenvalue weighted by Gasteiger charge is 2.68. The van der Waals surface area contributed by atoms with Crippen LogP contribution in [0.15, 0.2) is 0 Å². The molecule has 3 aliphatic carbocycles. The highest BCUT2D eigenvalue weighted by atomic mass is 16.4. The fourth-order valence-corrected chi connectivity index (χ4v) is 5.24. The number of amides is 1. The molecule has 1 amide bonds. The van der Waals surface area contributed by atoms with Crippen molar-refractivity contribution < 1.29 is 14.7 Å². The summed E-state index contributed by atoms with van der Waals surface area (Å²) < 4.78 is 0. The Morgan fingerprint density at radius 1 is 1.05 bits per heavy atom. The zero-order valence-corrected chi connectivity index (χ0v) is 11.1. The van der Waals surface area contributed by atoms with Gasteiger partial charge in [-0.25, -0.2) is 0 Å². The van der Waals surface area contributed by atoms with Gasteiger partial charge in [-0.1, -0.05) is 0 Å². The highest BCUT2D eigenvalue weighted by molar-refractivity contribution is 5.83. The molecule has 0 spiro atoms. The van der Waals surface area contributed by atoms with Crippen molar-refractivity contribution in [3.05, 3.63) is 0 Å². The topological polar surface area (TPSA) is 57.6 Å². The second-order valence-corrected chi connectivity index (χ2v) is 6.98. The molecule has 104 valence electrons. The van der Waals surface area contributed by atoms with Gasteiger partial charge in [-0.2, -0.15) is 0 Å². The van der Waals surface area contributed by atoms with E-state index in [1.54, 1.807) is 0 Å². The van der Waals surface area contributed by atoms with Gasteiger partial charge in [0.2, 0.25) is 5.91 Å². The van der Waals surface area contributed by atoms with Crippen molar-refractivity contribution in [1.82, 2.24) is 4.90 Å². The van der Waals surface area contributed by atoms with Crippen LogP contribution in [0.25, 0.3) is 0 Å². The lowest BCUT2D eigenvalue weighted by atomic mass is 9.96. The van der Waals surface area contributed by atoms with Gasteiger partial charge in [0.05, 0.1) is 5.92 Å². The Labute approximate surface area is 113 Å². The fourth-order valence-electron chi connectivity index (χ4n) is 5.24. The van der Waals surface area contributed by atoms with Crippen LogP contribution in [0.3, 0.4) is 0 Å². The van der Waals surface area contributed by atoms with E-state index < -0.39 is 5.97 Å². The Morgan fingerprint density at radius 2 is 1.74 bits per heavy atom. The second kappa shape index (κ2) is 3.97. The van der Waals surface area contributed by atoms with E-state index in [-0.39, 0.29) is 17.7 Å². The third-order valence-electron chi connectivity index (χ3n) is 6.10. The lowest BCUT2D eigenvalue weighted by Crippen LogP contribution is -2.43. The standard InChI is InChI=1S/C15H21NO3/c17-14(16-5-1-2-10(7-16)15(18)19)13-11-8-3-4-9(6-8)12(11)13/h8-13H,1-7H2,(H,18,19)/t8-,9-,10+,11-,12+,13?/m0/s1. The van der Waals surface area contributed by atoms with Crippen molar-refractivity contribution in [3.63, 3.8) is 0 Å². The van der Waals surface area contributed by atoms with Crippen LogP contribution < -0.4 is 0 Å². The summed E-state index contributed by atoms with van der Waals surface area (Å²) in [4.78, 5) is 25.5. The number of hydrogen-bond acceptors (Lipinski definition) is 2. The minimum Gasteiger partial charge on any atom is -0.481 e. The molecule has 2 bridgehead atoms. The molecule has 1 unspecified atom stereocenters. The molecule has 1 heterocycles. The summed E-state index contributed by atoms with van der Waals surface area (Å²) in [5, 5.41) is 9.11. The molecular weight excluding hydrogens is 242 g/mol. The molecule has 1 saturated heterocycles. The highest BCUT2D eigenvalue weighted by Crippen LogP contribution is 2.69. The van der Waals surface area contributed by atoms with Gasteiger partial charge >= 0.3 is 5.97 Å². The molecule has 6 atom stereocenters. The summed E-state index contributed by atoms with van der Waals surface area (Å²) in [6.45, 7) is 1.22. The van der Waals surface area contributed by atoms with Crippen molar-refractivity contribution >= 4 is 11.9 Å². The van der Waals surface area contributed by atoms with Gasteiger partial charge in [0.15, 0.2) is 0 Å². The average molecular weight is 263 g/mol. The van der Waals surface area contributed by atoms with E-state index in [0.29, 0.717) is 18.4 Å². The number of carbonyl (C=O) groups excluding carboxylic acids is 1. The minimum atomic E-state index is -0.742. The summed E-state index contributed by atoms with van der Waals surface area (Å²) in [6, 6.07) is 0. The smallest absolute Gasteiger partial charge is 0.308 e. The van der Waals surface area contributed by atoms with Crippen molar-refractivity contribution in [3.8, 4) is 0 Å². The summed E-state index contributed by atoms with van der Waals surface area (Å²) in [7, 11) is 0. The van der Waals surface area contributed by atoms with Crippen LogP contribution in [-0.4, -0.2) is 35.0 Å². The Kier molecular flexibility index (Phi) is 2.45. The van der Waals surface area contributed by atoms with Gasteiger partial charge in [0.1, 0.15) is 0 Å². The van der Waals surface area contributed by atoms with Gasteiger partial charge < -0.3 is 10.0 Å². The van der Waals surface area contributed by atoms with Crippen LogP contribution >= 0.6 is 0 Å². The molecule has 3 saturated carbocycles. The molecule has 4 fully saturated rings. The zero-order valence-electron chi connectivity index (χ0n) is 11.1. The number of carbonyl (C=O) groups is 2. The quantitative estimate of drug-likeness (QED) is 0.823. The van der Waals surface area contributed by atoms with Crippen molar-refractivity contribution in [2.24, 2.45) is 35.5 Å². The number of likely N-dealkylation sites (tertiary alicyclic amines) is 1. The molecule has 0 aromatic carbocycles. The number of aliphatic carboxylic acids is 1. The molecule has 4 nitrogen and oxygen atoms in total. The lowest BCUT2D eigenvalue weighted by Gasteiger charge is -2.31. The molecule has 4 aliphatic rings. The van der Waals surface area contributed by atoms with E-state index in [1.165, 1.54) is 19.3 Å². The van der Waals surface area contributed by atoms with Crippen LogP contribution in [0.1, 0.15) is 32.1 Å². The number of carboxylic acid groups (broad SMARTS) is 1. The normalized spacial score (nSPS) is 47.1. The van der Waals surface area contributed by atoms with Gasteiger partial charge in [-0.15, -0.1) is 0 Å². The van der Waals surface area contributed by atoms with Crippen LogP contribution in [0, 0.1) is 35.5 Å². The van der Waals surface area contributed by atoms with E-state index in [2.05, 4.69) is 0 Å². The number of hydrogen-bond donors (Lipinski definition) is 1. The summed E-state index contributed by atoms with van der Waals surface area (Å²) >= 11 is 0. The first kappa shape index (κ1) is 11.7. The first-order chi connectivity index (χ1) is 9.16.